The number of benzene rings is 2. The number of aromatic nitrogens is 2. The molecule has 1 aliphatic carbocycles. The largest absolute Gasteiger partial charge is 0.436 e. The standard InChI is InChI=1S/C27H22N4O4/c32-24-14-22(30(26(33)19-7-8-19)16-17-4-3-13-28-15-17)27(34)31(24)20-11-9-18(10-12-20)25-29-21-5-1-2-6-23(21)35-25/h1-6,9-13,15,19,22H,7-8,14,16H2. The quantitative estimate of drug-likeness (QED) is 0.399. The predicted octanol–water partition coefficient (Wildman–Crippen LogP) is 3.96. The van der Waals surface area contributed by atoms with Gasteiger partial charge in [-0.2, -0.15) is 0 Å². The smallest absolute Gasteiger partial charge is 0.257 e. The molecule has 2 aliphatic rings. The Balaban J connectivity index is 1.25. The Morgan fingerprint density at radius 3 is 2.54 bits per heavy atom. The Kier molecular flexibility index (Phi) is 5.13. The summed E-state index contributed by atoms with van der Waals surface area (Å²) in [4.78, 5) is 50.8. The second kappa shape index (κ2) is 8.47. The lowest BCUT2D eigenvalue weighted by Gasteiger charge is -2.28. The van der Waals surface area contributed by atoms with Crippen LogP contribution < -0.4 is 4.90 Å². The normalized spacial score (nSPS) is 17.8. The molecule has 3 amide bonds. The summed E-state index contributed by atoms with van der Waals surface area (Å²) < 4.78 is 5.81. The number of para-hydroxylation sites is 2. The first-order chi connectivity index (χ1) is 17.1. The van der Waals surface area contributed by atoms with E-state index in [1.54, 1.807) is 47.6 Å². The number of carbonyl (C=O) groups excluding carboxylic acids is 3. The summed E-state index contributed by atoms with van der Waals surface area (Å²) in [6.45, 7) is 0.247. The Morgan fingerprint density at radius 2 is 1.83 bits per heavy atom. The van der Waals surface area contributed by atoms with Crippen molar-refractivity contribution in [2.24, 2.45) is 5.92 Å². The summed E-state index contributed by atoms with van der Waals surface area (Å²) in [5, 5.41) is 0. The fraction of sp³-hybridized carbons (Fsp3) is 0.222. The van der Waals surface area contributed by atoms with Crippen LogP contribution in [0, 0.1) is 5.92 Å². The highest BCUT2D eigenvalue weighted by Gasteiger charge is 2.46. The van der Waals surface area contributed by atoms with Gasteiger partial charge in [-0.15, -0.1) is 0 Å². The van der Waals surface area contributed by atoms with Crippen molar-refractivity contribution >= 4 is 34.5 Å². The van der Waals surface area contributed by atoms with Crippen molar-refractivity contribution in [3.05, 3.63) is 78.6 Å². The molecule has 1 saturated heterocycles. The number of anilines is 1. The van der Waals surface area contributed by atoms with Crippen molar-refractivity contribution in [1.29, 1.82) is 0 Å². The lowest BCUT2D eigenvalue weighted by molar-refractivity contribution is -0.140. The van der Waals surface area contributed by atoms with Gasteiger partial charge >= 0.3 is 0 Å². The van der Waals surface area contributed by atoms with Crippen LogP contribution in [0.4, 0.5) is 5.69 Å². The third-order valence-electron chi connectivity index (χ3n) is 6.45. The summed E-state index contributed by atoms with van der Waals surface area (Å²) >= 11 is 0. The molecule has 2 aromatic heterocycles. The number of nitrogens with zero attached hydrogens (tertiary/aromatic N) is 4. The van der Waals surface area contributed by atoms with E-state index in [2.05, 4.69) is 9.97 Å². The summed E-state index contributed by atoms with van der Waals surface area (Å²) in [6.07, 6.45) is 4.94. The van der Waals surface area contributed by atoms with E-state index in [1.807, 2.05) is 30.3 Å². The zero-order valence-electron chi connectivity index (χ0n) is 18.8. The minimum absolute atomic E-state index is 0.0373. The number of amides is 3. The Morgan fingerprint density at radius 1 is 1.03 bits per heavy atom. The molecule has 174 valence electrons. The number of pyridine rings is 1. The SMILES string of the molecule is O=C1CC(N(Cc2cccnc2)C(=O)C2CC2)C(=O)N1c1ccc(-c2nc3ccccc3o2)cc1. The van der Waals surface area contributed by atoms with Crippen LogP contribution in [-0.4, -0.2) is 38.6 Å². The van der Waals surface area contributed by atoms with Crippen LogP contribution in [-0.2, 0) is 20.9 Å². The second-order valence-corrected chi connectivity index (χ2v) is 8.92. The van der Waals surface area contributed by atoms with Gasteiger partial charge in [-0.25, -0.2) is 9.88 Å². The van der Waals surface area contributed by atoms with Crippen LogP contribution in [0.15, 0.2) is 77.5 Å². The summed E-state index contributed by atoms with van der Waals surface area (Å²) in [7, 11) is 0. The van der Waals surface area contributed by atoms with Gasteiger partial charge in [0.15, 0.2) is 5.58 Å². The highest BCUT2D eigenvalue weighted by atomic mass is 16.3. The molecular formula is C27H22N4O4. The molecule has 6 rings (SSSR count). The van der Waals surface area contributed by atoms with E-state index in [0.29, 0.717) is 17.2 Å². The molecule has 1 atom stereocenters. The molecule has 2 aromatic carbocycles. The number of carbonyl (C=O) groups is 3. The van der Waals surface area contributed by atoms with Gasteiger partial charge in [0, 0.05) is 30.4 Å². The molecule has 0 bridgehead atoms. The number of hydrogen-bond acceptors (Lipinski definition) is 6. The second-order valence-electron chi connectivity index (χ2n) is 8.92. The Hall–Kier alpha value is -4.33. The fourth-order valence-electron chi connectivity index (χ4n) is 4.47. The maximum atomic E-state index is 13.4. The average molecular weight is 466 g/mol. The lowest BCUT2D eigenvalue weighted by atomic mass is 10.1. The van der Waals surface area contributed by atoms with Crippen LogP contribution in [0.2, 0.25) is 0 Å². The molecule has 3 heterocycles. The van der Waals surface area contributed by atoms with Gasteiger partial charge < -0.3 is 9.32 Å². The zero-order valence-corrected chi connectivity index (χ0v) is 18.8. The van der Waals surface area contributed by atoms with Gasteiger partial charge in [0.05, 0.1) is 12.1 Å². The van der Waals surface area contributed by atoms with Crippen LogP contribution in [0.1, 0.15) is 24.8 Å². The van der Waals surface area contributed by atoms with Gasteiger partial charge in [0.1, 0.15) is 11.6 Å². The van der Waals surface area contributed by atoms with Crippen molar-refractivity contribution in [2.45, 2.75) is 31.8 Å². The maximum Gasteiger partial charge on any atom is 0.257 e. The number of imide groups is 1. The van der Waals surface area contributed by atoms with Crippen LogP contribution >= 0.6 is 0 Å². The van der Waals surface area contributed by atoms with Gasteiger partial charge in [-0.3, -0.25) is 19.4 Å². The minimum atomic E-state index is -0.826. The maximum absolute atomic E-state index is 13.4. The fourth-order valence-corrected chi connectivity index (χ4v) is 4.47. The highest BCUT2D eigenvalue weighted by Crippen LogP contribution is 2.35. The number of fused-ring (bicyclic) bond motifs is 1. The van der Waals surface area contributed by atoms with Crippen LogP contribution in [0.3, 0.4) is 0 Å². The molecule has 8 heteroatoms. The first kappa shape index (κ1) is 21.2. The predicted molar refractivity (Wildman–Crippen MR) is 128 cm³/mol. The van der Waals surface area contributed by atoms with Gasteiger partial charge in [-0.1, -0.05) is 18.2 Å². The van der Waals surface area contributed by atoms with Crippen LogP contribution in [0.25, 0.3) is 22.6 Å². The van der Waals surface area contributed by atoms with Gasteiger partial charge in [0.2, 0.25) is 17.7 Å². The summed E-state index contributed by atoms with van der Waals surface area (Å²) in [5.41, 5.74) is 3.47. The monoisotopic (exact) mass is 466 g/mol. The van der Waals surface area contributed by atoms with Gasteiger partial charge in [-0.05, 0) is 60.9 Å². The van der Waals surface area contributed by atoms with Crippen molar-refractivity contribution < 1.29 is 18.8 Å². The molecule has 2 fully saturated rings. The molecule has 1 saturated carbocycles. The van der Waals surface area contributed by atoms with Crippen molar-refractivity contribution in [2.75, 3.05) is 4.90 Å². The molecule has 35 heavy (non-hydrogen) atoms. The molecule has 1 unspecified atom stereocenters. The number of hydrogen-bond donors (Lipinski definition) is 0. The number of oxazole rings is 1. The molecular weight excluding hydrogens is 444 g/mol. The van der Waals surface area contributed by atoms with E-state index in [0.717, 1.165) is 29.5 Å². The highest BCUT2D eigenvalue weighted by molar-refractivity contribution is 6.23. The van der Waals surface area contributed by atoms with Crippen molar-refractivity contribution in [3.8, 4) is 11.5 Å². The Labute approximate surface area is 201 Å². The third kappa shape index (κ3) is 3.97. The van der Waals surface area contributed by atoms with E-state index in [-0.39, 0.29) is 36.6 Å². The summed E-state index contributed by atoms with van der Waals surface area (Å²) in [6, 6.07) is 17.3. The molecule has 0 spiro atoms. The summed E-state index contributed by atoms with van der Waals surface area (Å²) in [5.74, 6) is -0.392. The Bertz CT molecular complexity index is 1390. The zero-order chi connectivity index (χ0) is 23.9. The van der Waals surface area contributed by atoms with Gasteiger partial charge in [0.25, 0.3) is 5.91 Å². The average Bonchev–Trinajstić information content (AvgIpc) is 3.58. The molecule has 1 aliphatic heterocycles. The van der Waals surface area contributed by atoms with Crippen molar-refractivity contribution in [3.63, 3.8) is 0 Å². The molecule has 4 aromatic rings. The minimum Gasteiger partial charge on any atom is -0.436 e. The van der Waals surface area contributed by atoms with E-state index >= 15 is 0 Å². The lowest BCUT2D eigenvalue weighted by Crippen LogP contribution is -2.45. The third-order valence-corrected chi connectivity index (χ3v) is 6.45. The van der Waals surface area contributed by atoms with E-state index in [9.17, 15) is 14.4 Å². The first-order valence-electron chi connectivity index (χ1n) is 11.6. The number of rotatable bonds is 6. The van der Waals surface area contributed by atoms with Crippen molar-refractivity contribution in [1.82, 2.24) is 14.9 Å². The van der Waals surface area contributed by atoms with E-state index in [1.165, 1.54) is 4.90 Å². The topological polar surface area (TPSA) is 96.6 Å². The molecule has 8 nitrogen and oxygen atoms in total. The van der Waals surface area contributed by atoms with E-state index in [4.69, 9.17) is 4.42 Å². The van der Waals surface area contributed by atoms with Crippen LogP contribution in [0.5, 0.6) is 0 Å². The van der Waals surface area contributed by atoms with E-state index < -0.39 is 6.04 Å². The first-order valence-corrected chi connectivity index (χ1v) is 11.6. The molecule has 0 radical (unpaired) electrons. The molecule has 0 N–H and O–H groups in total.